The number of aliphatic carboxylic acids is 1. The maximum absolute atomic E-state index is 11.6. The van der Waals surface area contributed by atoms with Crippen molar-refractivity contribution in [2.24, 2.45) is 5.41 Å². The quantitative estimate of drug-likeness (QED) is 0.748. The zero-order valence-electron chi connectivity index (χ0n) is 9.68. The maximum atomic E-state index is 11.6. The summed E-state index contributed by atoms with van der Waals surface area (Å²) in [6, 6.07) is -0.349. The summed E-state index contributed by atoms with van der Waals surface area (Å²) in [7, 11) is 0. The lowest BCUT2D eigenvalue weighted by Crippen LogP contribution is -2.44. The van der Waals surface area contributed by atoms with Gasteiger partial charge in [0.25, 0.3) is 0 Å². The van der Waals surface area contributed by atoms with Crippen molar-refractivity contribution in [3.8, 4) is 0 Å². The molecule has 0 spiro atoms. The fourth-order valence-corrected chi connectivity index (χ4v) is 2.47. The van der Waals surface area contributed by atoms with E-state index >= 15 is 0 Å². The third-order valence-electron chi connectivity index (χ3n) is 3.16. The average Bonchev–Trinajstić information content (AvgIpc) is 2.74. The third-order valence-corrected chi connectivity index (χ3v) is 3.74. The molecular formula is C10H14N4O3S. The number of nitrogens with one attached hydrogen (secondary N) is 2. The highest BCUT2D eigenvalue weighted by molar-refractivity contribution is 7.10. The molecule has 1 aliphatic carbocycles. The molecule has 1 aliphatic rings. The summed E-state index contributed by atoms with van der Waals surface area (Å²) >= 11 is 1.09. The van der Waals surface area contributed by atoms with Crippen LogP contribution in [0, 0.1) is 5.41 Å². The van der Waals surface area contributed by atoms with Crippen LogP contribution in [-0.2, 0) is 4.79 Å². The molecule has 2 rings (SSSR count). The summed E-state index contributed by atoms with van der Waals surface area (Å²) in [6.45, 7) is 0.386. The molecule has 8 heteroatoms. The normalized spacial score (nSPS) is 16.7. The van der Waals surface area contributed by atoms with Crippen molar-refractivity contribution < 1.29 is 14.7 Å². The van der Waals surface area contributed by atoms with Crippen LogP contribution in [0.25, 0.3) is 0 Å². The van der Waals surface area contributed by atoms with E-state index in [1.54, 1.807) is 0 Å². The Morgan fingerprint density at radius 3 is 2.78 bits per heavy atom. The molecule has 18 heavy (non-hydrogen) atoms. The topological polar surface area (TPSA) is 104 Å². The highest BCUT2D eigenvalue weighted by Gasteiger charge is 2.39. The van der Waals surface area contributed by atoms with Crippen LogP contribution in [0.15, 0.2) is 6.20 Å². The molecule has 1 aromatic heterocycles. The SMILES string of the molecule is O=C(O)CC1(CNC(=O)Nc2cnns2)CCC1. The molecule has 0 atom stereocenters. The maximum Gasteiger partial charge on any atom is 0.319 e. The van der Waals surface area contributed by atoms with Crippen LogP contribution in [-0.4, -0.2) is 33.2 Å². The second kappa shape index (κ2) is 5.30. The van der Waals surface area contributed by atoms with E-state index in [9.17, 15) is 9.59 Å². The predicted octanol–water partition coefficient (Wildman–Crippen LogP) is 1.30. The van der Waals surface area contributed by atoms with Crippen LogP contribution in [0.4, 0.5) is 9.80 Å². The Kier molecular flexibility index (Phi) is 3.75. The number of hydrogen-bond acceptors (Lipinski definition) is 5. The Balaban J connectivity index is 1.79. The van der Waals surface area contributed by atoms with Crippen molar-refractivity contribution in [3.05, 3.63) is 6.20 Å². The van der Waals surface area contributed by atoms with Crippen LogP contribution in [0.2, 0.25) is 0 Å². The van der Waals surface area contributed by atoms with Crippen LogP contribution in [0.3, 0.4) is 0 Å². The van der Waals surface area contributed by atoms with Gasteiger partial charge in [-0.2, -0.15) is 0 Å². The highest BCUT2D eigenvalue weighted by atomic mass is 32.1. The number of amides is 2. The second-order valence-corrected chi connectivity index (χ2v) is 5.30. The number of aromatic nitrogens is 2. The van der Waals surface area contributed by atoms with Crippen molar-refractivity contribution in [1.82, 2.24) is 14.9 Å². The Labute approximate surface area is 108 Å². The number of carbonyl (C=O) groups excluding carboxylic acids is 1. The Morgan fingerprint density at radius 1 is 1.50 bits per heavy atom. The minimum absolute atomic E-state index is 0.107. The molecule has 0 unspecified atom stereocenters. The lowest BCUT2D eigenvalue weighted by molar-refractivity contribution is -0.141. The summed E-state index contributed by atoms with van der Waals surface area (Å²) in [4.78, 5) is 22.3. The van der Waals surface area contributed by atoms with E-state index in [-0.39, 0.29) is 17.9 Å². The van der Waals surface area contributed by atoms with Gasteiger partial charge >= 0.3 is 12.0 Å². The Morgan fingerprint density at radius 2 is 2.28 bits per heavy atom. The fraction of sp³-hybridized carbons (Fsp3) is 0.600. The van der Waals surface area contributed by atoms with Gasteiger partial charge in [-0.1, -0.05) is 10.9 Å². The second-order valence-electron chi connectivity index (χ2n) is 4.51. The van der Waals surface area contributed by atoms with Crippen molar-refractivity contribution >= 4 is 28.5 Å². The van der Waals surface area contributed by atoms with E-state index in [0.29, 0.717) is 11.5 Å². The van der Waals surface area contributed by atoms with Gasteiger partial charge in [-0.05, 0) is 18.3 Å². The highest BCUT2D eigenvalue weighted by Crippen LogP contribution is 2.43. The van der Waals surface area contributed by atoms with Gasteiger partial charge in [0.05, 0.1) is 12.6 Å². The van der Waals surface area contributed by atoms with Crippen molar-refractivity contribution in [1.29, 1.82) is 0 Å². The largest absolute Gasteiger partial charge is 0.481 e. The van der Waals surface area contributed by atoms with Crippen LogP contribution >= 0.6 is 11.5 Å². The van der Waals surface area contributed by atoms with E-state index < -0.39 is 5.97 Å². The lowest BCUT2D eigenvalue weighted by Gasteiger charge is -2.40. The fourth-order valence-electron chi connectivity index (χ4n) is 2.06. The van der Waals surface area contributed by atoms with Crippen molar-refractivity contribution in [2.45, 2.75) is 25.7 Å². The van der Waals surface area contributed by atoms with Crippen molar-refractivity contribution in [3.63, 3.8) is 0 Å². The molecule has 7 nitrogen and oxygen atoms in total. The van der Waals surface area contributed by atoms with Gasteiger partial charge < -0.3 is 10.4 Å². The zero-order valence-corrected chi connectivity index (χ0v) is 10.5. The molecule has 0 saturated heterocycles. The van der Waals surface area contributed by atoms with Gasteiger partial charge in [0, 0.05) is 18.1 Å². The lowest BCUT2D eigenvalue weighted by atomic mass is 9.66. The summed E-state index contributed by atoms with van der Waals surface area (Å²) in [5.41, 5.74) is -0.269. The number of anilines is 1. The van der Waals surface area contributed by atoms with Crippen LogP contribution in [0.5, 0.6) is 0 Å². The summed E-state index contributed by atoms with van der Waals surface area (Å²) in [5, 5.41) is 18.3. The molecule has 0 aromatic carbocycles. The first-order chi connectivity index (χ1) is 8.60. The van der Waals surface area contributed by atoms with Gasteiger partial charge in [-0.25, -0.2) is 4.79 Å². The molecular weight excluding hydrogens is 256 g/mol. The van der Waals surface area contributed by atoms with E-state index in [1.165, 1.54) is 6.20 Å². The Hall–Kier alpha value is -1.70. The number of hydrogen-bond donors (Lipinski definition) is 3. The van der Waals surface area contributed by atoms with E-state index in [1.807, 2.05) is 0 Å². The molecule has 0 aliphatic heterocycles. The van der Waals surface area contributed by atoms with Crippen LogP contribution < -0.4 is 10.6 Å². The third kappa shape index (κ3) is 3.16. The molecule has 1 aromatic rings. The molecule has 3 N–H and O–H groups in total. The smallest absolute Gasteiger partial charge is 0.319 e. The first-order valence-electron chi connectivity index (χ1n) is 5.64. The first kappa shape index (κ1) is 12.7. The molecule has 98 valence electrons. The number of nitrogens with zero attached hydrogens (tertiary/aromatic N) is 2. The first-order valence-corrected chi connectivity index (χ1v) is 6.41. The number of urea groups is 1. The number of carbonyl (C=O) groups is 2. The van der Waals surface area contributed by atoms with E-state index in [4.69, 9.17) is 5.11 Å². The number of carboxylic acid groups (broad SMARTS) is 1. The van der Waals surface area contributed by atoms with Crippen LogP contribution in [0.1, 0.15) is 25.7 Å². The standard InChI is InChI=1S/C10H14N4O3S/c15-8(16)4-10(2-1-3-10)6-11-9(17)13-7-5-12-14-18-7/h5H,1-4,6H2,(H,15,16)(H2,11,13,17). The molecule has 1 fully saturated rings. The number of rotatable bonds is 5. The summed E-state index contributed by atoms with van der Waals surface area (Å²) in [5.74, 6) is -0.816. The Bertz CT molecular complexity index is 430. The minimum atomic E-state index is -0.816. The predicted molar refractivity (Wildman–Crippen MR) is 65.5 cm³/mol. The molecule has 0 radical (unpaired) electrons. The van der Waals surface area contributed by atoms with E-state index in [0.717, 1.165) is 30.8 Å². The average molecular weight is 270 g/mol. The number of carboxylic acids is 1. The van der Waals surface area contributed by atoms with Gasteiger partial charge in [-0.3, -0.25) is 10.1 Å². The van der Waals surface area contributed by atoms with Gasteiger partial charge in [0.15, 0.2) is 0 Å². The molecule has 2 amide bonds. The summed E-state index contributed by atoms with van der Waals surface area (Å²) < 4.78 is 3.62. The molecule has 1 heterocycles. The monoisotopic (exact) mass is 270 g/mol. The zero-order chi connectivity index (χ0) is 13.0. The summed E-state index contributed by atoms with van der Waals surface area (Å²) in [6.07, 6.45) is 4.29. The molecule has 1 saturated carbocycles. The van der Waals surface area contributed by atoms with Crippen molar-refractivity contribution in [2.75, 3.05) is 11.9 Å². The minimum Gasteiger partial charge on any atom is -0.481 e. The van der Waals surface area contributed by atoms with Gasteiger partial charge in [-0.15, -0.1) is 5.10 Å². The molecule has 0 bridgehead atoms. The van der Waals surface area contributed by atoms with E-state index in [2.05, 4.69) is 20.2 Å². The van der Waals surface area contributed by atoms with Gasteiger partial charge in [0.2, 0.25) is 0 Å². The van der Waals surface area contributed by atoms with Gasteiger partial charge in [0.1, 0.15) is 5.00 Å².